The summed E-state index contributed by atoms with van der Waals surface area (Å²) in [5.74, 6) is 0.546. The van der Waals surface area contributed by atoms with Crippen molar-refractivity contribution in [2.75, 3.05) is 18.7 Å². The highest BCUT2D eigenvalue weighted by Gasteiger charge is 2.15. The van der Waals surface area contributed by atoms with E-state index in [9.17, 15) is 4.57 Å². The number of imidazole rings is 1. The third-order valence-corrected chi connectivity index (χ3v) is 2.47. The van der Waals surface area contributed by atoms with Gasteiger partial charge in [0.15, 0.2) is 11.5 Å². The first-order valence-corrected chi connectivity index (χ1v) is 6.69. The standard InChI is InChI=1S/C7H11N6O4P/c8-6-5-7(10-3-9-5)12-13(11-6)1-2-17-4-18(14,15)16/h3H,1-2,4H2,(H2,8,11)(H2,14,15,16). The molecule has 0 saturated heterocycles. The van der Waals surface area contributed by atoms with Gasteiger partial charge in [-0.3, -0.25) is 4.57 Å². The molecule has 2 aliphatic rings. The van der Waals surface area contributed by atoms with Gasteiger partial charge in [-0.05, 0) is 0 Å². The largest absolute Gasteiger partial charge is 0.380 e. The number of hydrogen-bond acceptors (Lipinski definition) is 7. The zero-order valence-electron chi connectivity index (χ0n) is 9.17. The minimum Gasteiger partial charge on any atom is -0.380 e. The van der Waals surface area contributed by atoms with E-state index in [1.165, 1.54) is 11.1 Å². The fourth-order valence-corrected chi connectivity index (χ4v) is 1.61. The molecule has 11 heteroatoms. The molecule has 2 aliphatic heterocycles. The van der Waals surface area contributed by atoms with Gasteiger partial charge >= 0.3 is 7.60 Å². The molecule has 98 valence electrons. The molecule has 2 heterocycles. The number of rotatable bonds is 5. The Balaban J connectivity index is 1.96. The summed E-state index contributed by atoms with van der Waals surface area (Å²) in [5.41, 5.74) is 6.05. The van der Waals surface area contributed by atoms with Gasteiger partial charge in [0.1, 0.15) is 12.7 Å². The van der Waals surface area contributed by atoms with Crippen LogP contribution in [0.25, 0.3) is 11.5 Å². The summed E-state index contributed by atoms with van der Waals surface area (Å²) in [6.45, 7) is 0.252. The Bertz CT molecular complexity index is 553. The average molecular weight is 274 g/mol. The quantitative estimate of drug-likeness (QED) is 0.456. The SMILES string of the molecule is Nc1nn(CCOCP(=O)(O)O)nc2ncnc1-2. The Morgan fingerprint density at radius 3 is 2.89 bits per heavy atom. The molecule has 18 heavy (non-hydrogen) atoms. The lowest BCUT2D eigenvalue weighted by Gasteiger charge is -2.08. The van der Waals surface area contributed by atoms with Crippen LogP contribution in [-0.2, 0) is 15.8 Å². The summed E-state index contributed by atoms with van der Waals surface area (Å²) in [6.07, 6.45) is 0.686. The van der Waals surface area contributed by atoms with E-state index in [2.05, 4.69) is 20.2 Å². The number of aromatic nitrogens is 5. The normalized spacial score (nSPS) is 12.1. The van der Waals surface area contributed by atoms with Gasteiger partial charge in [0, 0.05) is 0 Å². The van der Waals surface area contributed by atoms with Crippen LogP contribution in [-0.4, -0.2) is 47.7 Å². The molecule has 4 N–H and O–H groups in total. The van der Waals surface area contributed by atoms with E-state index in [1.54, 1.807) is 0 Å². The molecule has 10 nitrogen and oxygen atoms in total. The number of nitrogens with zero attached hydrogens (tertiary/aromatic N) is 5. The van der Waals surface area contributed by atoms with Crippen molar-refractivity contribution in [3.05, 3.63) is 6.33 Å². The molecule has 0 aromatic carbocycles. The van der Waals surface area contributed by atoms with Gasteiger partial charge in [-0.2, -0.15) is 4.80 Å². The third kappa shape index (κ3) is 3.20. The second-order valence-electron chi connectivity index (χ2n) is 3.43. The first kappa shape index (κ1) is 12.8. The molecular weight excluding hydrogens is 263 g/mol. The first-order chi connectivity index (χ1) is 8.46. The lowest BCUT2D eigenvalue weighted by molar-refractivity contribution is 0.142. The Labute approximate surface area is 101 Å². The van der Waals surface area contributed by atoms with Gasteiger partial charge in [-0.1, -0.05) is 0 Å². The Hall–Kier alpha value is -1.61. The van der Waals surface area contributed by atoms with Crippen LogP contribution in [0.1, 0.15) is 0 Å². The minimum absolute atomic E-state index is 0.0505. The Morgan fingerprint density at radius 1 is 1.39 bits per heavy atom. The van der Waals surface area contributed by atoms with E-state index in [1.807, 2.05) is 0 Å². The Kier molecular flexibility index (Phi) is 3.53. The molecule has 0 unspecified atom stereocenters. The van der Waals surface area contributed by atoms with Crippen LogP contribution in [0.15, 0.2) is 6.33 Å². The van der Waals surface area contributed by atoms with Crippen molar-refractivity contribution in [2.45, 2.75) is 6.54 Å². The van der Waals surface area contributed by atoms with Crippen LogP contribution in [0.5, 0.6) is 0 Å². The van der Waals surface area contributed by atoms with Gasteiger partial charge in [0.2, 0.25) is 5.82 Å². The number of fused-ring (bicyclic) bond motifs is 1. The second-order valence-corrected chi connectivity index (χ2v) is 5.02. The molecule has 0 bridgehead atoms. The lowest BCUT2D eigenvalue weighted by atomic mass is 10.4. The predicted molar refractivity (Wildman–Crippen MR) is 59.5 cm³/mol. The lowest BCUT2D eigenvalue weighted by Crippen LogP contribution is -2.16. The summed E-state index contributed by atoms with van der Waals surface area (Å²) in [7, 11) is -4.15. The fraction of sp³-hybridized carbons (Fsp3) is 0.429. The molecule has 0 radical (unpaired) electrons. The van der Waals surface area contributed by atoms with Crippen molar-refractivity contribution in [1.29, 1.82) is 0 Å². The summed E-state index contributed by atoms with van der Waals surface area (Å²) >= 11 is 0. The topological polar surface area (TPSA) is 149 Å². The maximum Gasteiger partial charge on any atom is 0.350 e. The smallest absolute Gasteiger partial charge is 0.350 e. The Morgan fingerprint density at radius 2 is 2.17 bits per heavy atom. The van der Waals surface area contributed by atoms with Crippen molar-refractivity contribution >= 4 is 13.4 Å². The van der Waals surface area contributed by atoms with Gasteiger partial charge in [-0.15, -0.1) is 10.2 Å². The molecule has 0 atom stereocenters. The highest BCUT2D eigenvalue weighted by Crippen LogP contribution is 2.33. The van der Waals surface area contributed by atoms with E-state index in [0.717, 1.165) is 0 Å². The van der Waals surface area contributed by atoms with Crippen molar-refractivity contribution in [2.24, 2.45) is 0 Å². The molecule has 0 fully saturated rings. The minimum atomic E-state index is -4.15. The summed E-state index contributed by atoms with van der Waals surface area (Å²) < 4.78 is 15.3. The summed E-state index contributed by atoms with van der Waals surface area (Å²) in [4.78, 5) is 26.2. The van der Waals surface area contributed by atoms with Crippen molar-refractivity contribution in [3.63, 3.8) is 0 Å². The van der Waals surface area contributed by atoms with Gasteiger partial charge < -0.3 is 20.3 Å². The number of nitrogen functional groups attached to an aromatic ring is 1. The van der Waals surface area contributed by atoms with E-state index in [4.69, 9.17) is 20.3 Å². The van der Waals surface area contributed by atoms with Crippen LogP contribution in [0, 0.1) is 0 Å². The third-order valence-electron chi connectivity index (χ3n) is 1.95. The molecule has 0 aromatic heterocycles. The molecule has 0 amide bonds. The van der Waals surface area contributed by atoms with E-state index < -0.39 is 13.9 Å². The zero-order chi connectivity index (χ0) is 13.2. The van der Waals surface area contributed by atoms with Crippen LogP contribution < -0.4 is 5.73 Å². The number of ether oxygens (including phenoxy) is 1. The summed E-state index contributed by atoms with van der Waals surface area (Å²) in [6, 6.07) is 0. The number of anilines is 1. The fourth-order valence-electron chi connectivity index (χ4n) is 1.25. The van der Waals surface area contributed by atoms with Crippen LogP contribution in [0.2, 0.25) is 0 Å². The monoisotopic (exact) mass is 274 g/mol. The van der Waals surface area contributed by atoms with Crippen LogP contribution >= 0.6 is 7.60 Å². The van der Waals surface area contributed by atoms with E-state index in [0.29, 0.717) is 11.5 Å². The summed E-state index contributed by atoms with van der Waals surface area (Å²) in [5, 5.41) is 7.92. The van der Waals surface area contributed by atoms with Gasteiger partial charge in [0.05, 0.1) is 13.2 Å². The van der Waals surface area contributed by atoms with E-state index in [-0.39, 0.29) is 19.0 Å². The molecule has 2 rings (SSSR count). The van der Waals surface area contributed by atoms with Crippen LogP contribution in [0.3, 0.4) is 0 Å². The maximum absolute atomic E-state index is 10.5. The first-order valence-electron chi connectivity index (χ1n) is 4.89. The predicted octanol–water partition coefficient (Wildman–Crippen LogP) is -1.09. The highest BCUT2D eigenvalue weighted by molar-refractivity contribution is 7.51. The molecule has 0 saturated carbocycles. The average Bonchev–Trinajstić information content (AvgIpc) is 2.71. The number of hydrogen-bond donors (Lipinski definition) is 3. The van der Waals surface area contributed by atoms with Crippen molar-refractivity contribution < 1.29 is 19.1 Å². The van der Waals surface area contributed by atoms with E-state index >= 15 is 0 Å². The molecule has 0 aliphatic carbocycles. The molecule has 0 spiro atoms. The van der Waals surface area contributed by atoms with Gasteiger partial charge in [-0.25, -0.2) is 9.97 Å². The van der Waals surface area contributed by atoms with Crippen molar-refractivity contribution in [1.82, 2.24) is 25.0 Å². The number of nitrogens with two attached hydrogens (primary N) is 1. The molecular formula is C7H11N6O4P. The molecule has 0 aromatic rings. The van der Waals surface area contributed by atoms with Crippen LogP contribution in [0.4, 0.5) is 5.82 Å². The zero-order valence-corrected chi connectivity index (χ0v) is 10.1. The highest BCUT2D eigenvalue weighted by atomic mass is 31.2. The van der Waals surface area contributed by atoms with Crippen molar-refractivity contribution in [3.8, 4) is 11.5 Å². The second kappa shape index (κ2) is 4.94. The maximum atomic E-state index is 10.5. The van der Waals surface area contributed by atoms with Gasteiger partial charge in [0.25, 0.3) is 0 Å².